The molecule has 8 nitrogen and oxygen atoms in total. The number of allylic oxidation sites excluding steroid dienone is 1. The van der Waals surface area contributed by atoms with Crippen molar-refractivity contribution < 1.29 is 4.79 Å². The molecule has 0 saturated heterocycles. The third kappa shape index (κ3) is 3.80. The van der Waals surface area contributed by atoms with Crippen molar-refractivity contribution in [3.63, 3.8) is 0 Å². The number of nitrogens with one attached hydrogen (secondary N) is 2. The molecule has 0 radical (unpaired) electrons. The number of hydrogen-bond donors (Lipinski definition) is 2. The van der Waals surface area contributed by atoms with E-state index in [9.17, 15) is 4.79 Å². The minimum atomic E-state index is -0.246. The van der Waals surface area contributed by atoms with Crippen molar-refractivity contribution in [3.05, 3.63) is 66.7 Å². The van der Waals surface area contributed by atoms with Crippen LogP contribution < -0.4 is 10.6 Å². The van der Waals surface area contributed by atoms with Gasteiger partial charge < -0.3 is 10.6 Å². The van der Waals surface area contributed by atoms with E-state index in [1.807, 2.05) is 37.3 Å². The number of nitrogens with zero attached hydrogens (tertiary/aromatic N) is 5. The second-order valence-corrected chi connectivity index (χ2v) is 6.43. The van der Waals surface area contributed by atoms with Gasteiger partial charge in [-0.2, -0.15) is 10.1 Å². The molecule has 1 aromatic carbocycles. The highest BCUT2D eigenvalue weighted by atomic mass is 16.1. The van der Waals surface area contributed by atoms with E-state index in [0.29, 0.717) is 18.2 Å². The van der Waals surface area contributed by atoms with Crippen LogP contribution in [0.5, 0.6) is 0 Å². The van der Waals surface area contributed by atoms with Crippen LogP contribution in [0, 0.1) is 0 Å². The summed E-state index contributed by atoms with van der Waals surface area (Å²) in [6, 6.07) is 7.74. The number of carbonyl (C=O) groups is 1. The third-order valence-corrected chi connectivity index (χ3v) is 4.21. The van der Waals surface area contributed by atoms with Crippen molar-refractivity contribution in [1.82, 2.24) is 19.7 Å². The van der Waals surface area contributed by atoms with Gasteiger partial charge in [0, 0.05) is 18.1 Å². The van der Waals surface area contributed by atoms with Gasteiger partial charge in [-0.3, -0.25) is 9.79 Å². The first kappa shape index (κ1) is 17.6. The summed E-state index contributed by atoms with van der Waals surface area (Å²) in [6.07, 6.45) is 8.50. The number of rotatable bonds is 6. The summed E-state index contributed by atoms with van der Waals surface area (Å²) in [5.74, 6) is 0.247. The molecule has 1 unspecified atom stereocenters. The van der Waals surface area contributed by atoms with Gasteiger partial charge in [-0.05, 0) is 36.8 Å². The first-order valence-electron chi connectivity index (χ1n) is 8.83. The average molecular weight is 373 g/mol. The molecular weight excluding hydrogens is 354 g/mol. The maximum atomic E-state index is 11.5. The number of aromatic nitrogens is 4. The quantitative estimate of drug-likeness (QED) is 0.648. The minimum absolute atomic E-state index is 0.158. The van der Waals surface area contributed by atoms with Gasteiger partial charge in [0.2, 0.25) is 11.9 Å². The van der Waals surface area contributed by atoms with Crippen molar-refractivity contribution in [2.75, 3.05) is 10.6 Å². The summed E-state index contributed by atoms with van der Waals surface area (Å²) in [7, 11) is 0. The van der Waals surface area contributed by atoms with Crippen LogP contribution in [0.4, 0.5) is 11.6 Å². The van der Waals surface area contributed by atoms with Crippen molar-refractivity contribution in [2.24, 2.45) is 4.99 Å². The number of benzene rings is 1. The summed E-state index contributed by atoms with van der Waals surface area (Å²) in [5.41, 5.74) is 3.29. The lowest BCUT2D eigenvalue weighted by Gasteiger charge is -2.08. The lowest BCUT2D eigenvalue weighted by atomic mass is 10.2. The SMILES string of the molecule is C=CC(=O)Nc1cccc(Cn2ncc3cnc(NC4=CC(C)N=C4)nc32)c1. The maximum absolute atomic E-state index is 11.5. The molecule has 0 fully saturated rings. The minimum Gasteiger partial charge on any atom is -0.323 e. The van der Waals surface area contributed by atoms with Gasteiger partial charge in [0.25, 0.3) is 0 Å². The first-order valence-corrected chi connectivity index (χ1v) is 8.83. The molecule has 28 heavy (non-hydrogen) atoms. The van der Waals surface area contributed by atoms with E-state index in [2.05, 4.69) is 37.3 Å². The number of hydrogen-bond acceptors (Lipinski definition) is 6. The van der Waals surface area contributed by atoms with Crippen LogP contribution in [0.1, 0.15) is 12.5 Å². The molecule has 0 spiro atoms. The molecule has 0 bridgehead atoms. The smallest absolute Gasteiger partial charge is 0.247 e. The predicted molar refractivity (Wildman–Crippen MR) is 109 cm³/mol. The van der Waals surface area contributed by atoms with Gasteiger partial charge in [-0.15, -0.1) is 0 Å². The number of anilines is 2. The topological polar surface area (TPSA) is 97.1 Å². The summed E-state index contributed by atoms with van der Waals surface area (Å²) < 4.78 is 1.80. The summed E-state index contributed by atoms with van der Waals surface area (Å²) >= 11 is 0. The van der Waals surface area contributed by atoms with E-state index in [0.717, 1.165) is 22.3 Å². The van der Waals surface area contributed by atoms with Crippen LogP contribution in [0.15, 0.2) is 66.1 Å². The fraction of sp³-hybridized carbons (Fsp3) is 0.150. The zero-order valence-corrected chi connectivity index (χ0v) is 15.3. The number of fused-ring (bicyclic) bond motifs is 1. The Morgan fingerprint density at radius 2 is 2.25 bits per heavy atom. The monoisotopic (exact) mass is 373 g/mol. The van der Waals surface area contributed by atoms with Crippen LogP contribution in [0.2, 0.25) is 0 Å². The van der Waals surface area contributed by atoms with E-state index < -0.39 is 0 Å². The molecule has 0 saturated carbocycles. The molecule has 3 heterocycles. The van der Waals surface area contributed by atoms with E-state index in [1.165, 1.54) is 6.08 Å². The summed E-state index contributed by atoms with van der Waals surface area (Å²) in [4.78, 5) is 24.7. The molecule has 1 aliphatic rings. The van der Waals surface area contributed by atoms with Crippen LogP contribution in [0.25, 0.3) is 11.0 Å². The van der Waals surface area contributed by atoms with E-state index in [4.69, 9.17) is 0 Å². The molecule has 1 atom stereocenters. The number of carbonyl (C=O) groups excluding carboxylic acids is 1. The normalized spacial score (nSPS) is 15.5. The molecule has 1 aliphatic heterocycles. The highest BCUT2D eigenvalue weighted by Gasteiger charge is 2.11. The standard InChI is InChI=1S/C20H19N7O/c1-3-18(28)24-16-6-4-5-14(8-16)12-27-19-15(10-23-27)9-22-20(26-19)25-17-7-13(2)21-11-17/h3-11,13H,1,12H2,2H3,(H,24,28)(H,22,25,26). The molecule has 140 valence electrons. The zero-order valence-electron chi connectivity index (χ0n) is 15.3. The Kier molecular flexibility index (Phi) is 4.67. The summed E-state index contributed by atoms with van der Waals surface area (Å²) in [6.45, 7) is 5.99. The lowest BCUT2D eigenvalue weighted by molar-refractivity contribution is -0.111. The molecule has 2 N–H and O–H groups in total. The molecule has 0 aliphatic carbocycles. The molecule has 4 rings (SSSR count). The molecular formula is C20H19N7O. The van der Waals surface area contributed by atoms with Crippen LogP contribution in [0.3, 0.4) is 0 Å². The Bertz CT molecular complexity index is 1110. The van der Waals surface area contributed by atoms with Gasteiger partial charge >= 0.3 is 0 Å². The predicted octanol–water partition coefficient (Wildman–Crippen LogP) is 2.77. The van der Waals surface area contributed by atoms with Crippen LogP contribution >= 0.6 is 0 Å². The third-order valence-electron chi connectivity index (χ3n) is 4.21. The van der Waals surface area contributed by atoms with E-state index in [1.54, 1.807) is 23.3 Å². The van der Waals surface area contributed by atoms with Gasteiger partial charge in [0.15, 0.2) is 5.65 Å². The highest BCUT2D eigenvalue weighted by Crippen LogP contribution is 2.17. The largest absolute Gasteiger partial charge is 0.323 e. The highest BCUT2D eigenvalue weighted by molar-refractivity contribution is 5.98. The average Bonchev–Trinajstić information content (AvgIpc) is 3.28. The van der Waals surface area contributed by atoms with Crippen molar-refractivity contribution in [2.45, 2.75) is 19.5 Å². The van der Waals surface area contributed by atoms with Crippen molar-refractivity contribution in [1.29, 1.82) is 0 Å². The Labute approximate surface area is 161 Å². The van der Waals surface area contributed by atoms with Gasteiger partial charge in [0.1, 0.15) is 0 Å². The fourth-order valence-corrected chi connectivity index (χ4v) is 2.90. The van der Waals surface area contributed by atoms with Crippen molar-refractivity contribution >= 4 is 34.8 Å². The molecule has 8 heteroatoms. The zero-order chi connectivity index (χ0) is 19.5. The van der Waals surface area contributed by atoms with Gasteiger partial charge in [-0.25, -0.2) is 9.67 Å². The number of amides is 1. The van der Waals surface area contributed by atoms with E-state index >= 15 is 0 Å². The Hall–Kier alpha value is -3.81. The maximum Gasteiger partial charge on any atom is 0.247 e. The van der Waals surface area contributed by atoms with Crippen LogP contribution in [-0.4, -0.2) is 37.9 Å². The van der Waals surface area contributed by atoms with E-state index in [-0.39, 0.29) is 11.9 Å². The summed E-state index contributed by atoms with van der Waals surface area (Å²) in [5, 5.41) is 11.2. The fourth-order valence-electron chi connectivity index (χ4n) is 2.90. The Morgan fingerprint density at radius 3 is 3.04 bits per heavy atom. The van der Waals surface area contributed by atoms with Crippen LogP contribution in [-0.2, 0) is 11.3 Å². The first-order chi connectivity index (χ1) is 13.6. The molecule has 1 amide bonds. The Balaban J connectivity index is 1.57. The van der Waals surface area contributed by atoms with Gasteiger partial charge in [0.05, 0.1) is 29.9 Å². The second-order valence-electron chi connectivity index (χ2n) is 6.43. The second kappa shape index (κ2) is 7.43. The molecule has 2 aromatic heterocycles. The number of aliphatic imine (C=N–C) groups is 1. The van der Waals surface area contributed by atoms with Gasteiger partial charge in [-0.1, -0.05) is 18.7 Å². The molecule has 3 aromatic rings. The Morgan fingerprint density at radius 1 is 1.36 bits per heavy atom. The van der Waals surface area contributed by atoms with Crippen molar-refractivity contribution in [3.8, 4) is 0 Å². The lowest BCUT2D eigenvalue weighted by Crippen LogP contribution is -2.09.